The van der Waals surface area contributed by atoms with E-state index in [4.69, 9.17) is 0 Å². The molecule has 0 bridgehead atoms. The van der Waals surface area contributed by atoms with Crippen LogP contribution in [0.4, 0.5) is 5.82 Å². The van der Waals surface area contributed by atoms with Crippen molar-refractivity contribution in [3.63, 3.8) is 0 Å². The number of hydrogen-bond donors (Lipinski definition) is 1. The Morgan fingerprint density at radius 3 is 3.20 bits per heavy atom. The van der Waals surface area contributed by atoms with Crippen molar-refractivity contribution in [1.29, 1.82) is 0 Å². The summed E-state index contributed by atoms with van der Waals surface area (Å²) in [5.74, 6) is 1.89. The van der Waals surface area contributed by atoms with Gasteiger partial charge in [0.05, 0.1) is 12.2 Å². The Labute approximate surface area is 117 Å². The van der Waals surface area contributed by atoms with Crippen LogP contribution in [0.25, 0.3) is 0 Å². The van der Waals surface area contributed by atoms with Crippen LogP contribution in [0, 0.1) is 0 Å². The average molecular weight is 273 g/mol. The van der Waals surface area contributed by atoms with E-state index in [0.717, 1.165) is 31.0 Å². The van der Waals surface area contributed by atoms with Crippen LogP contribution in [0.2, 0.25) is 0 Å². The molecule has 1 amide bonds. The van der Waals surface area contributed by atoms with Gasteiger partial charge in [-0.15, -0.1) is 0 Å². The summed E-state index contributed by atoms with van der Waals surface area (Å²) in [7, 11) is 0. The van der Waals surface area contributed by atoms with Crippen LogP contribution in [-0.2, 0) is 17.8 Å². The summed E-state index contributed by atoms with van der Waals surface area (Å²) in [4.78, 5) is 16.5. The van der Waals surface area contributed by atoms with Crippen molar-refractivity contribution in [1.82, 2.24) is 19.3 Å². The number of nitrogens with zero attached hydrogens (tertiary/aromatic N) is 4. The highest BCUT2D eigenvalue weighted by Crippen LogP contribution is 2.20. The quantitative estimate of drug-likeness (QED) is 0.926. The first-order valence-corrected chi connectivity index (χ1v) is 7.07. The highest BCUT2D eigenvalue weighted by Gasteiger charge is 2.17. The zero-order valence-electron chi connectivity index (χ0n) is 11.6. The van der Waals surface area contributed by atoms with Crippen molar-refractivity contribution in [2.45, 2.75) is 45.2 Å². The minimum absolute atomic E-state index is 0.00118. The standard InChI is InChI=1S/C14H19N5O/c1-11(19-8-4-6-16-19)9-14(20)17-13-10-15-12-5-2-3-7-18(12)13/h4,6,8,10-11H,2-3,5,7,9H2,1H3,(H,17,20). The second-order valence-electron chi connectivity index (χ2n) is 5.26. The van der Waals surface area contributed by atoms with Gasteiger partial charge in [0.25, 0.3) is 0 Å². The van der Waals surface area contributed by atoms with E-state index >= 15 is 0 Å². The molecule has 0 aliphatic carbocycles. The SMILES string of the molecule is CC(CC(=O)Nc1cnc2n1CCCC2)n1cccn1. The second kappa shape index (κ2) is 5.48. The maximum atomic E-state index is 12.1. The molecule has 106 valence electrons. The smallest absolute Gasteiger partial charge is 0.227 e. The first-order chi connectivity index (χ1) is 9.74. The molecule has 1 unspecified atom stereocenters. The molecule has 6 nitrogen and oxygen atoms in total. The fraction of sp³-hybridized carbons (Fsp3) is 0.500. The minimum Gasteiger partial charge on any atom is -0.315 e. The molecule has 0 radical (unpaired) electrons. The Morgan fingerprint density at radius 2 is 2.40 bits per heavy atom. The summed E-state index contributed by atoms with van der Waals surface area (Å²) >= 11 is 0. The van der Waals surface area contributed by atoms with E-state index in [1.54, 1.807) is 17.1 Å². The lowest BCUT2D eigenvalue weighted by atomic mass is 10.2. The predicted octanol–water partition coefficient (Wildman–Crippen LogP) is 2.01. The van der Waals surface area contributed by atoms with Gasteiger partial charge in [-0.1, -0.05) is 0 Å². The van der Waals surface area contributed by atoms with Crippen molar-refractivity contribution in [3.8, 4) is 0 Å². The van der Waals surface area contributed by atoms with E-state index in [2.05, 4.69) is 20.0 Å². The van der Waals surface area contributed by atoms with E-state index in [1.165, 1.54) is 6.42 Å². The molecule has 0 spiro atoms. The van der Waals surface area contributed by atoms with Crippen LogP contribution in [0.1, 0.15) is 38.1 Å². The monoisotopic (exact) mass is 273 g/mol. The third kappa shape index (κ3) is 2.59. The number of nitrogens with one attached hydrogen (secondary N) is 1. The Kier molecular flexibility index (Phi) is 3.54. The number of aromatic nitrogens is 4. The highest BCUT2D eigenvalue weighted by atomic mass is 16.1. The Morgan fingerprint density at radius 1 is 1.50 bits per heavy atom. The Bertz CT molecular complexity index is 587. The number of carbonyl (C=O) groups excluding carboxylic acids is 1. The molecule has 0 saturated heterocycles. The maximum absolute atomic E-state index is 12.1. The molecular weight excluding hydrogens is 254 g/mol. The molecule has 2 aromatic rings. The number of aryl methyl sites for hydroxylation is 1. The minimum atomic E-state index is 0.00118. The molecule has 3 rings (SSSR count). The molecule has 2 aromatic heterocycles. The largest absolute Gasteiger partial charge is 0.315 e. The van der Waals surface area contributed by atoms with Gasteiger partial charge in [0.2, 0.25) is 5.91 Å². The van der Waals surface area contributed by atoms with Crippen LogP contribution in [0.3, 0.4) is 0 Å². The summed E-state index contributed by atoms with van der Waals surface area (Å²) < 4.78 is 3.91. The number of carbonyl (C=O) groups is 1. The van der Waals surface area contributed by atoms with Crippen LogP contribution >= 0.6 is 0 Å². The fourth-order valence-corrected chi connectivity index (χ4v) is 2.61. The normalized spacial score (nSPS) is 15.7. The van der Waals surface area contributed by atoms with Gasteiger partial charge >= 0.3 is 0 Å². The van der Waals surface area contributed by atoms with Crippen molar-refractivity contribution in [3.05, 3.63) is 30.5 Å². The van der Waals surface area contributed by atoms with Gasteiger partial charge in [0, 0.05) is 31.8 Å². The van der Waals surface area contributed by atoms with E-state index in [1.807, 2.05) is 19.2 Å². The zero-order chi connectivity index (χ0) is 13.9. The van der Waals surface area contributed by atoms with Crippen molar-refractivity contribution in [2.75, 3.05) is 5.32 Å². The first-order valence-electron chi connectivity index (χ1n) is 7.07. The lowest BCUT2D eigenvalue weighted by Crippen LogP contribution is -2.21. The molecule has 0 aromatic carbocycles. The highest BCUT2D eigenvalue weighted by molar-refractivity contribution is 5.90. The number of fused-ring (bicyclic) bond motifs is 1. The van der Waals surface area contributed by atoms with Gasteiger partial charge in [0.15, 0.2) is 0 Å². The Hall–Kier alpha value is -2.11. The van der Waals surface area contributed by atoms with Crippen LogP contribution in [0.15, 0.2) is 24.7 Å². The molecule has 6 heteroatoms. The topological polar surface area (TPSA) is 64.7 Å². The summed E-state index contributed by atoms with van der Waals surface area (Å²) in [5, 5.41) is 7.12. The number of rotatable bonds is 4. The van der Waals surface area contributed by atoms with Gasteiger partial charge in [-0.25, -0.2) is 4.98 Å². The van der Waals surface area contributed by atoms with Gasteiger partial charge in [-0.2, -0.15) is 5.10 Å². The van der Waals surface area contributed by atoms with Gasteiger partial charge in [0.1, 0.15) is 11.6 Å². The summed E-state index contributed by atoms with van der Waals surface area (Å²) in [5.41, 5.74) is 0. The van der Waals surface area contributed by atoms with Gasteiger partial charge in [-0.3, -0.25) is 9.48 Å². The molecule has 1 aliphatic rings. The van der Waals surface area contributed by atoms with Crippen LogP contribution in [0.5, 0.6) is 0 Å². The molecule has 0 fully saturated rings. The van der Waals surface area contributed by atoms with E-state index in [-0.39, 0.29) is 11.9 Å². The molecular formula is C14H19N5O. The van der Waals surface area contributed by atoms with Crippen LogP contribution < -0.4 is 5.32 Å². The average Bonchev–Trinajstić information content (AvgIpc) is 3.09. The van der Waals surface area contributed by atoms with Gasteiger partial charge in [-0.05, 0) is 25.8 Å². The van der Waals surface area contributed by atoms with E-state index in [9.17, 15) is 4.79 Å². The molecule has 20 heavy (non-hydrogen) atoms. The number of anilines is 1. The van der Waals surface area contributed by atoms with Crippen LogP contribution in [-0.4, -0.2) is 25.2 Å². The van der Waals surface area contributed by atoms with Crippen molar-refractivity contribution >= 4 is 11.7 Å². The molecule has 1 aliphatic heterocycles. The number of imidazole rings is 1. The molecule has 0 saturated carbocycles. The van der Waals surface area contributed by atoms with E-state index < -0.39 is 0 Å². The van der Waals surface area contributed by atoms with Gasteiger partial charge < -0.3 is 9.88 Å². The fourth-order valence-electron chi connectivity index (χ4n) is 2.61. The summed E-state index contributed by atoms with van der Waals surface area (Å²) in [6.07, 6.45) is 9.09. The first kappa shape index (κ1) is 12.9. The summed E-state index contributed by atoms with van der Waals surface area (Å²) in [6, 6.07) is 1.91. The third-order valence-electron chi connectivity index (χ3n) is 3.70. The van der Waals surface area contributed by atoms with E-state index in [0.29, 0.717) is 6.42 Å². The van der Waals surface area contributed by atoms with Crippen molar-refractivity contribution < 1.29 is 4.79 Å². The lowest BCUT2D eigenvalue weighted by Gasteiger charge is -2.17. The number of amides is 1. The van der Waals surface area contributed by atoms with Crippen molar-refractivity contribution in [2.24, 2.45) is 0 Å². The zero-order valence-corrected chi connectivity index (χ0v) is 11.6. The number of hydrogen-bond acceptors (Lipinski definition) is 3. The third-order valence-corrected chi connectivity index (χ3v) is 3.70. The Balaban J connectivity index is 1.63. The molecule has 1 N–H and O–H groups in total. The molecule has 3 heterocycles. The predicted molar refractivity (Wildman–Crippen MR) is 75.3 cm³/mol. The second-order valence-corrected chi connectivity index (χ2v) is 5.26. The summed E-state index contributed by atoms with van der Waals surface area (Å²) in [6.45, 7) is 2.93. The maximum Gasteiger partial charge on any atom is 0.227 e. The molecule has 1 atom stereocenters. The lowest BCUT2D eigenvalue weighted by molar-refractivity contribution is -0.116.